The van der Waals surface area contributed by atoms with Crippen LogP contribution in [0, 0.1) is 20.8 Å². The lowest BCUT2D eigenvalue weighted by atomic mass is 9.63. The van der Waals surface area contributed by atoms with Crippen molar-refractivity contribution in [3.63, 3.8) is 0 Å². The van der Waals surface area contributed by atoms with Crippen molar-refractivity contribution in [1.29, 1.82) is 0 Å². The molecule has 0 bridgehead atoms. The number of hydrogen-bond acceptors (Lipinski definition) is 5. The van der Waals surface area contributed by atoms with Crippen LogP contribution in [-0.4, -0.2) is 60.0 Å². The Morgan fingerprint density at radius 1 is 1.07 bits per heavy atom. The summed E-state index contributed by atoms with van der Waals surface area (Å²) >= 11 is 0. The summed E-state index contributed by atoms with van der Waals surface area (Å²) in [6.07, 6.45) is 5.08. The zero-order chi connectivity index (χ0) is 29.8. The number of carbonyl (C=O) groups excluding carboxylic acids is 1. The van der Waals surface area contributed by atoms with Crippen LogP contribution < -0.4 is 15.8 Å². The number of carbonyl (C=O) groups is 1. The molecule has 1 unspecified atom stereocenters. The summed E-state index contributed by atoms with van der Waals surface area (Å²) in [5.74, 6) is -0.174. The fraction of sp³-hybridized carbons (Fsp3) is 0.471. The van der Waals surface area contributed by atoms with E-state index in [1.165, 1.54) is 5.56 Å². The Bertz CT molecular complexity index is 1460. The Morgan fingerprint density at radius 3 is 2.45 bits per heavy atom. The molecule has 1 radical (unpaired) electrons. The quantitative estimate of drug-likeness (QED) is 0.317. The summed E-state index contributed by atoms with van der Waals surface area (Å²) in [6, 6.07) is 15.2. The number of nitrogens with one attached hydrogen (secondary N) is 2. The zero-order valence-corrected chi connectivity index (χ0v) is 25.5. The van der Waals surface area contributed by atoms with Crippen molar-refractivity contribution in [2.24, 2.45) is 0 Å². The van der Waals surface area contributed by atoms with Gasteiger partial charge in [-0.25, -0.2) is 0 Å². The Morgan fingerprint density at radius 2 is 1.81 bits per heavy atom. The summed E-state index contributed by atoms with van der Waals surface area (Å²) in [5.41, 5.74) is 8.10. The molecule has 8 heteroatoms. The number of aliphatic hydroxyl groups is 1. The maximum absolute atomic E-state index is 13.8. The molecule has 42 heavy (non-hydrogen) atoms. The highest BCUT2D eigenvalue weighted by atomic mass is 16.3. The average molecular weight is 568 g/mol. The van der Waals surface area contributed by atoms with Gasteiger partial charge in [0.05, 0.1) is 6.10 Å². The molecule has 2 aliphatic rings. The molecule has 1 aromatic heterocycles. The Hall–Kier alpha value is -3.36. The number of benzene rings is 2. The molecule has 2 aliphatic heterocycles. The summed E-state index contributed by atoms with van der Waals surface area (Å²) in [5, 5.41) is 12.9. The van der Waals surface area contributed by atoms with Gasteiger partial charge in [0.15, 0.2) is 0 Å². The number of pyridine rings is 1. The molecule has 3 aromatic rings. The molecule has 2 saturated heterocycles. The van der Waals surface area contributed by atoms with E-state index >= 15 is 0 Å². The van der Waals surface area contributed by atoms with Gasteiger partial charge in [0, 0.05) is 61.3 Å². The highest BCUT2D eigenvalue weighted by Gasteiger charge is 2.25. The molecule has 3 N–H and O–H groups in total. The van der Waals surface area contributed by atoms with Crippen molar-refractivity contribution in [2.75, 3.05) is 24.5 Å². The van der Waals surface area contributed by atoms with Crippen molar-refractivity contribution in [3.8, 4) is 11.1 Å². The molecule has 0 saturated carbocycles. The molecule has 7 nitrogen and oxygen atoms in total. The predicted molar refractivity (Wildman–Crippen MR) is 172 cm³/mol. The summed E-state index contributed by atoms with van der Waals surface area (Å²) in [7, 11) is 2.38. The van der Waals surface area contributed by atoms with Crippen LogP contribution in [0.1, 0.15) is 64.5 Å². The van der Waals surface area contributed by atoms with Crippen LogP contribution in [0.25, 0.3) is 11.1 Å². The first-order valence-electron chi connectivity index (χ1n) is 15.4. The Balaban J connectivity index is 1.46. The highest BCUT2D eigenvalue weighted by Crippen LogP contribution is 2.35. The van der Waals surface area contributed by atoms with Crippen molar-refractivity contribution in [1.82, 2.24) is 15.2 Å². The summed E-state index contributed by atoms with van der Waals surface area (Å²) in [6.45, 7) is 11.5. The third-order valence-corrected chi connectivity index (χ3v) is 8.98. The van der Waals surface area contributed by atoms with E-state index in [-0.39, 0.29) is 24.1 Å². The van der Waals surface area contributed by atoms with Crippen LogP contribution >= 0.6 is 0 Å². The average Bonchev–Trinajstić information content (AvgIpc) is 3.38. The van der Waals surface area contributed by atoms with Crippen LogP contribution in [-0.2, 0) is 13.1 Å². The maximum atomic E-state index is 13.8. The monoisotopic (exact) mass is 567 g/mol. The number of likely N-dealkylation sites (tertiary alicyclic amines) is 1. The van der Waals surface area contributed by atoms with Crippen LogP contribution in [0.4, 0.5) is 5.69 Å². The maximum Gasteiger partial charge on any atom is 0.253 e. The molecule has 2 aromatic carbocycles. The molecule has 1 amide bonds. The van der Waals surface area contributed by atoms with Crippen molar-refractivity contribution >= 4 is 18.9 Å². The van der Waals surface area contributed by atoms with Gasteiger partial charge in [-0.15, -0.1) is 0 Å². The Kier molecular flexibility index (Phi) is 9.54. The predicted octanol–water partition coefficient (Wildman–Crippen LogP) is 4.99. The highest BCUT2D eigenvalue weighted by molar-refractivity contribution is 6.35. The SMILES string of the molecule is CCN(c1cc(-c2ccc(CN3CCC(O)C3)cc2)cc(C(=O)NCc2c(C)cc(C)[nH]c2=O)c1C)C1CC[B]CC1. The molecule has 0 aliphatic carbocycles. The van der Waals surface area contributed by atoms with Crippen molar-refractivity contribution in [2.45, 2.75) is 84.8 Å². The number of hydrogen-bond donors (Lipinski definition) is 3. The lowest BCUT2D eigenvalue weighted by Gasteiger charge is -2.37. The molecule has 221 valence electrons. The zero-order valence-electron chi connectivity index (χ0n) is 25.5. The first kappa shape index (κ1) is 30.1. The molecule has 3 heterocycles. The van der Waals surface area contributed by atoms with Crippen molar-refractivity contribution in [3.05, 3.63) is 86.3 Å². The van der Waals surface area contributed by atoms with Gasteiger partial charge in [0.2, 0.25) is 0 Å². The largest absolute Gasteiger partial charge is 0.392 e. The van der Waals surface area contributed by atoms with E-state index in [9.17, 15) is 14.7 Å². The second-order valence-electron chi connectivity index (χ2n) is 12.1. The van der Waals surface area contributed by atoms with E-state index in [0.29, 0.717) is 17.2 Å². The van der Waals surface area contributed by atoms with Gasteiger partial charge in [-0.3, -0.25) is 14.5 Å². The number of nitrogens with zero attached hydrogens (tertiary/aromatic N) is 2. The van der Waals surface area contributed by atoms with E-state index in [1.807, 2.05) is 32.9 Å². The Labute approximate surface area is 250 Å². The molecular formula is C34H44BN4O3. The normalized spacial score (nSPS) is 17.7. The molecule has 1 atom stereocenters. The third-order valence-electron chi connectivity index (χ3n) is 8.98. The number of aryl methyl sites for hydroxylation is 2. The second kappa shape index (κ2) is 13.3. The molecule has 2 fully saturated rings. The lowest BCUT2D eigenvalue weighted by molar-refractivity contribution is 0.0950. The van der Waals surface area contributed by atoms with Gasteiger partial charge >= 0.3 is 0 Å². The number of H-pyrrole nitrogens is 1. The number of aliphatic hydroxyl groups excluding tert-OH is 1. The number of aromatic amines is 1. The van der Waals surface area contributed by atoms with Crippen LogP contribution in [0.15, 0.2) is 47.3 Å². The number of aromatic nitrogens is 1. The fourth-order valence-electron chi connectivity index (χ4n) is 6.63. The van der Waals surface area contributed by atoms with E-state index in [1.54, 1.807) is 0 Å². The number of amides is 1. The minimum Gasteiger partial charge on any atom is -0.392 e. The van der Waals surface area contributed by atoms with Crippen LogP contribution in [0.2, 0.25) is 12.6 Å². The van der Waals surface area contributed by atoms with E-state index < -0.39 is 0 Å². The van der Waals surface area contributed by atoms with Gasteiger partial charge in [-0.2, -0.15) is 0 Å². The molecule has 5 rings (SSSR count). The smallest absolute Gasteiger partial charge is 0.253 e. The van der Waals surface area contributed by atoms with Gasteiger partial charge in [0.25, 0.3) is 11.5 Å². The third kappa shape index (κ3) is 6.82. The van der Waals surface area contributed by atoms with Crippen molar-refractivity contribution < 1.29 is 9.90 Å². The van der Waals surface area contributed by atoms with Gasteiger partial charge in [0.1, 0.15) is 7.28 Å². The lowest BCUT2D eigenvalue weighted by Crippen LogP contribution is -2.38. The first-order chi connectivity index (χ1) is 20.2. The number of β-amino-alcohol motifs (C(OH)–C–C–N with tert-alkyl or cyclic N) is 1. The standard InChI is InChI=1S/C34H44BN4O3/c1-5-39(28-10-13-35-14-11-28)32-18-27(26-8-6-25(7-9-26)20-38-15-12-29(40)21-38)17-30(24(32)4)33(41)36-19-31-22(2)16-23(3)37-34(31)42/h6-9,16-18,28-29,40H,5,10-15,19-21H2,1-4H3,(H,36,41)(H,37,42). The van der Waals surface area contributed by atoms with E-state index in [0.717, 1.165) is 91.7 Å². The topological polar surface area (TPSA) is 88.7 Å². The van der Waals surface area contributed by atoms with Crippen LogP contribution in [0.5, 0.6) is 0 Å². The number of rotatable bonds is 9. The molecular weight excluding hydrogens is 523 g/mol. The molecule has 0 spiro atoms. The minimum absolute atomic E-state index is 0.159. The summed E-state index contributed by atoms with van der Waals surface area (Å²) < 4.78 is 0. The fourth-order valence-corrected chi connectivity index (χ4v) is 6.63. The van der Waals surface area contributed by atoms with E-state index in [4.69, 9.17) is 0 Å². The summed E-state index contributed by atoms with van der Waals surface area (Å²) in [4.78, 5) is 34.0. The van der Waals surface area contributed by atoms with Gasteiger partial charge in [-0.1, -0.05) is 36.9 Å². The van der Waals surface area contributed by atoms with Gasteiger partial charge in [-0.05, 0) is 93.0 Å². The second-order valence-corrected chi connectivity index (χ2v) is 12.1. The first-order valence-corrected chi connectivity index (χ1v) is 15.4. The number of anilines is 1. The van der Waals surface area contributed by atoms with Gasteiger partial charge < -0.3 is 20.3 Å². The van der Waals surface area contributed by atoms with E-state index in [2.05, 4.69) is 64.6 Å². The minimum atomic E-state index is -0.225. The van der Waals surface area contributed by atoms with Crippen LogP contribution in [0.3, 0.4) is 0 Å².